The molecule has 2 amide bonds. The summed E-state index contributed by atoms with van der Waals surface area (Å²) < 4.78 is 11.8. The normalized spacial score (nSPS) is 13.8. The number of hydrogen-bond acceptors (Lipinski definition) is 4. The molecule has 0 spiro atoms. The molecule has 1 aliphatic heterocycles. The first kappa shape index (κ1) is 19.8. The van der Waals surface area contributed by atoms with Gasteiger partial charge in [0.2, 0.25) is 0 Å². The molecule has 5 aromatic rings. The molecule has 0 atom stereocenters. The first-order valence-electron chi connectivity index (χ1n) is 10.8. The Morgan fingerprint density at radius 3 is 1.62 bits per heavy atom. The lowest BCUT2D eigenvalue weighted by atomic mass is 10.2. The summed E-state index contributed by atoms with van der Waals surface area (Å²) in [5.41, 5.74) is 3.22. The van der Waals surface area contributed by atoms with Gasteiger partial charge in [-0.15, -0.1) is 0 Å². The van der Waals surface area contributed by atoms with Crippen LogP contribution in [0.4, 0.5) is 11.4 Å². The summed E-state index contributed by atoms with van der Waals surface area (Å²) in [6.07, 6.45) is 1.47. The monoisotopic (exact) mass is 446 g/mol. The molecule has 0 bridgehead atoms. The number of carbonyl (C=O) groups excluding carboxylic acids is 2. The number of para-hydroxylation sites is 2. The quantitative estimate of drug-likeness (QED) is 0.248. The first-order valence-corrected chi connectivity index (χ1v) is 10.8. The summed E-state index contributed by atoms with van der Waals surface area (Å²) in [5.74, 6) is 0.191. The number of anilines is 2. The van der Waals surface area contributed by atoms with Crippen molar-refractivity contribution in [3.05, 3.63) is 114 Å². The predicted molar refractivity (Wildman–Crippen MR) is 130 cm³/mol. The van der Waals surface area contributed by atoms with Crippen molar-refractivity contribution in [3.8, 4) is 11.3 Å². The predicted octanol–water partition coefficient (Wildman–Crippen LogP) is 6.07. The van der Waals surface area contributed by atoms with Gasteiger partial charge in [-0.25, -0.2) is 10.0 Å². The minimum absolute atomic E-state index is 0.00684. The number of rotatable bonds is 4. The molecule has 0 aliphatic carbocycles. The largest absolute Gasteiger partial charge is 0.453 e. The molecule has 3 aromatic carbocycles. The van der Waals surface area contributed by atoms with Gasteiger partial charge < -0.3 is 8.83 Å². The van der Waals surface area contributed by atoms with Crippen LogP contribution in [-0.4, -0.2) is 11.8 Å². The van der Waals surface area contributed by atoms with Crippen molar-refractivity contribution >= 4 is 40.4 Å². The molecule has 164 valence electrons. The van der Waals surface area contributed by atoms with Gasteiger partial charge in [0.15, 0.2) is 11.2 Å². The SMILES string of the molecule is O=C1C(=Cc2cc3oc(-c4ccccc4)cc3o2)C(=O)N(c2ccccc2)N1c1ccccc1. The van der Waals surface area contributed by atoms with Gasteiger partial charge >= 0.3 is 0 Å². The lowest BCUT2D eigenvalue weighted by molar-refractivity contribution is -0.116. The lowest BCUT2D eigenvalue weighted by Crippen LogP contribution is -2.41. The molecule has 6 heteroatoms. The van der Waals surface area contributed by atoms with E-state index in [0.717, 1.165) is 5.56 Å². The Balaban J connectivity index is 1.40. The third-order valence-corrected chi connectivity index (χ3v) is 5.62. The number of furan rings is 2. The molecule has 1 aliphatic rings. The van der Waals surface area contributed by atoms with Crippen LogP contribution in [0.2, 0.25) is 0 Å². The zero-order valence-electron chi connectivity index (χ0n) is 17.9. The Kier molecular flexibility index (Phi) is 4.63. The molecule has 34 heavy (non-hydrogen) atoms. The van der Waals surface area contributed by atoms with E-state index in [1.54, 1.807) is 36.4 Å². The second-order valence-corrected chi connectivity index (χ2v) is 7.82. The number of fused-ring (bicyclic) bond motifs is 1. The second-order valence-electron chi connectivity index (χ2n) is 7.82. The van der Waals surface area contributed by atoms with E-state index in [0.29, 0.717) is 34.1 Å². The molecule has 1 saturated heterocycles. The Hall–Kier alpha value is -4.84. The topological polar surface area (TPSA) is 66.9 Å². The van der Waals surface area contributed by atoms with Gasteiger partial charge in [-0.3, -0.25) is 9.59 Å². The number of amides is 2. The van der Waals surface area contributed by atoms with Crippen molar-refractivity contribution in [3.63, 3.8) is 0 Å². The average Bonchev–Trinajstić information content (AvgIpc) is 3.52. The van der Waals surface area contributed by atoms with Crippen LogP contribution in [0.5, 0.6) is 0 Å². The van der Waals surface area contributed by atoms with Crippen molar-refractivity contribution in [2.24, 2.45) is 0 Å². The molecule has 6 nitrogen and oxygen atoms in total. The van der Waals surface area contributed by atoms with E-state index in [2.05, 4.69) is 0 Å². The Morgan fingerprint density at radius 2 is 1.09 bits per heavy atom. The lowest BCUT2D eigenvalue weighted by Gasteiger charge is -2.27. The van der Waals surface area contributed by atoms with Crippen molar-refractivity contribution in [1.82, 2.24) is 0 Å². The van der Waals surface area contributed by atoms with E-state index in [1.807, 2.05) is 66.7 Å². The van der Waals surface area contributed by atoms with Crippen molar-refractivity contribution in [1.29, 1.82) is 0 Å². The second kappa shape index (κ2) is 7.94. The molecular weight excluding hydrogens is 428 g/mol. The molecule has 1 fully saturated rings. The summed E-state index contributed by atoms with van der Waals surface area (Å²) in [4.78, 5) is 26.9. The van der Waals surface area contributed by atoms with E-state index in [-0.39, 0.29) is 5.57 Å². The third-order valence-electron chi connectivity index (χ3n) is 5.62. The fourth-order valence-corrected chi connectivity index (χ4v) is 4.04. The highest BCUT2D eigenvalue weighted by molar-refractivity contribution is 6.38. The third kappa shape index (κ3) is 3.29. The van der Waals surface area contributed by atoms with E-state index < -0.39 is 11.8 Å². The molecular formula is C28H18N2O4. The van der Waals surface area contributed by atoms with Crippen LogP contribution in [0.25, 0.3) is 28.6 Å². The standard InChI is InChI=1S/C28H18N2O4/c31-27-23(16-22-17-25-26(33-22)18-24(34-25)19-10-4-1-5-11-19)28(32)30(21-14-8-3-9-15-21)29(27)20-12-6-2-7-13-20/h1-18H. The number of carbonyl (C=O) groups is 2. The number of hydrazine groups is 1. The highest BCUT2D eigenvalue weighted by atomic mass is 16.4. The summed E-state index contributed by atoms with van der Waals surface area (Å²) in [7, 11) is 0. The van der Waals surface area contributed by atoms with Gasteiger partial charge in [0.1, 0.15) is 17.1 Å². The molecule has 0 radical (unpaired) electrons. The Morgan fingerprint density at radius 1 is 0.588 bits per heavy atom. The van der Waals surface area contributed by atoms with Crippen LogP contribution in [0.3, 0.4) is 0 Å². The van der Waals surface area contributed by atoms with Gasteiger partial charge in [0, 0.05) is 17.7 Å². The van der Waals surface area contributed by atoms with E-state index in [9.17, 15) is 9.59 Å². The molecule has 2 aromatic heterocycles. The van der Waals surface area contributed by atoms with Gasteiger partial charge in [-0.1, -0.05) is 66.7 Å². The van der Waals surface area contributed by atoms with Crippen molar-refractivity contribution in [2.45, 2.75) is 0 Å². The van der Waals surface area contributed by atoms with Crippen LogP contribution in [0.15, 0.2) is 118 Å². The van der Waals surface area contributed by atoms with Crippen molar-refractivity contribution in [2.75, 3.05) is 10.0 Å². The van der Waals surface area contributed by atoms with Crippen LogP contribution in [0.1, 0.15) is 5.76 Å². The van der Waals surface area contributed by atoms with Crippen LogP contribution in [0, 0.1) is 0 Å². The van der Waals surface area contributed by atoms with Gasteiger partial charge in [0.25, 0.3) is 11.8 Å². The fraction of sp³-hybridized carbons (Fsp3) is 0. The maximum atomic E-state index is 13.4. The van der Waals surface area contributed by atoms with Gasteiger partial charge in [-0.2, -0.15) is 0 Å². The van der Waals surface area contributed by atoms with Crippen molar-refractivity contribution < 1.29 is 18.4 Å². The Labute approximate surface area is 194 Å². The number of nitrogens with zero attached hydrogens (tertiary/aromatic N) is 2. The highest BCUT2D eigenvalue weighted by Crippen LogP contribution is 2.34. The zero-order chi connectivity index (χ0) is 23.1. The van der Waals surface area contributed by atoms with E-state index in [1.165, 1.54) is 16.1 Å². The summed E-state index contributed by atoms with van der Waals surface area (Å²) in [5, 5.41) is 2.76. The average molecular weight is 446 g/mol. The van der Waals surface area contributed by atoms with Crippen LogP contribution in [-0.2, 0) is 9.59 Å². The smallest absolute Gasteiger partial charge is 0.283 e. The molecule has 0 unspecified atom stereocenters. The maximum Gasteiger partial charge on any atom is 0.283 e. The van der Waals surface area contributed by atoms with Gasteiger partial charge in [-0.05, 0) is 30.3 Å². The van der Waals surface area contributed by atoms with Crippen LogP contribution >= 0.6 is 0 Å². The van der Waals surface area contributed by atoms with Crippen LogP contribution < -0.4 is 10.0 Å². The molecule has 0 saturated carbocycles. The minimum atomic E-state index is -0.432. The number of benzene rings is 3. The summed E-state index contributed by atoms with van der Waals surface area (Å²) >= 11 is 0. The summed E-state index contributed by atoms with van der Waals surface area (Å²) in [6, 6.07) is 31.4. The molecule has 6 rings (SSSR count). The number of hydrogen-bond donors (Lipinski definition) is 0. The van der Waals surface area contributed by atoms with E-state index in [4.69, 9.17) is 8.83 Å². The molecule has 0 N–H and O–H groups in total. The van der Waals surface area contributed by atoms with E-state index >= 15 is 0 Å². The van der Waals surface area contributed by atoms with Gasteiger partial charge in [0.05, 0.1) is 11.4 Å². The molecule has 3 heterocycles. The summed E-state index contributed by atoms with van der Waals surface area (Å²) in [6.45, 7) is 0. The highest BCUT2D eigenvalue weighted by Gasteiger charge is 2.43. The Bertz CT molecular complexity index is 1440. The minimum Gasteiger partial charge on any atom is -0.453 e. The zero-order valence-corrected chi connectivity index (χ0v) is 17.9. The first-order chi connectivity index (χ1) is 16.7. The fourth-order valence-electron chi connectivity index (χ4n) is 4.04. The maximum absolute atomic E-state index is 13.4.